The zero-order valence-electron chi connectivity index (χ0n) is 14.7. The molecule has 0 bridgehead atoms. The molecule has 24 heavy (non-hydrogen) atoms. The lowest BCUT2D eigenvalue weighted by Gasteiger charge is -2.32. The Bertz CT molecular complexity index is 671. The van der Waals surface area contributed by atoms with E-state index in [-0.39, 0.29) is 6.42 Å². The highest BCUT2D eigenvalue weighted by Crippen LogP contribution is 2.21. The summed E-state index contributed by atoms with van der Waals surface area (Å²) in [4.78, 5) is 15.3. The van der Waals surface area contributed by atoms with Crippen LogP contribution in [0.15, 0.2) is 24.5 Å². The Labute approximate surface area is 146 Å². The third-order valence-electron chi connectivity index (χ3n) is 3.07. The molecule has 0 aliphatic carbocycles. The highest BCUT2D eigenvalue weighted by Gasteiger charge is 2.35. The third kappa shape index (κ3) is 6.75. The fraction of sp³-hybridized carbons (Fsp3) is 0.444. The third-order valence-corrected chi connectivity index (χ3v) is 4.84. The van der Waals surface area contributed by atoms with Crippen LogP contribution >= 0.6 is 0 Å². The summed E-state index contributed by atoms with van der Waals surface area (Å²) in [7, 11) is 0. The van der Waals surface area contributed by atoms with Crippen molar-refractivity contribution in [3.05, 3.63) is 35.7 Å². The molecule has 1 rings (SSSR count). The molecule has 0 aliphatic rings. The molecule has 0 amide bonds. The Balaban J connectivity index is 3.05. The van der Waals surface area contributed by atoms with Crippen LogP contribution in [0.5, 0.6) is 0 Å². The number of aliphatic carboxylic acids is 1. The molecule has 2 unspecified atom stereocenters. The number of rotatable bonds is 6. The van der Waals surface area contributed by atoms with Crippen molar-refractivity contribution in [2.45, 2.75) is 51.3 Å². The summed E-state index contributed by atoms with van der Waals surface area (Å²) >= 11 is -1.39. The predicted molar refractivity (Wildman–Crippen MR) is 97.5 cm³/mol. The Morgan fingerprint density at radius 2 is 2.08 bits per heavy atom. The summed E-state index contributed by atoms with van der Waals surface area (Å²) in [5, 5.41) is 9.17. The zero-order valence-corrected chi connectivity index (χ0v) is 15.5. The number of carbonyl (C=O) groups is 1. The van der Waals surface area contributed by atoms with Crippen molar-refractivity contribution in [1.82, 2.24) is 9.71 Å². The molecule has 2 atom stereocenters. The van der Waals surface area contributed by atoms with Crippen LogP contribution in [-0.4, -0.2) is 30.9 Å². The summed E-state index contributed by atoms with van der Waals surface area (Å²) in [6, 6.07) is 1.86. The van der Waals surface area contributed by atoms with E-state index < -0.39 is 27.6 Å². The number of hydrogen-bond donors (Lipinski definition) is 2. The number of nitrogens with zero attached hydrogens (tertiary/aromatic N) is 1. The monoisotopic (exact) mass is 348 g/mol. The summed E-state index contributed by atoms with van der Waals surface area (Å²) in [5.41, 5.74) is 0.636. The summed E-state index contributed by atoms with van der Waals surface area (Å²) in [6.07, 6.45) is 6.62. The van der Waals surface area contributed by atoms with Crippen LogP contribution in [0.4, 0.5) is 0 Å². The second-order valence-electron chi connectivity index (χ2n) is 6.69. The first-order chi connectivity index (χ1) is 11.1. The SMILES string of the molecule is CC#Cc1cncc(C=CC(C)(CC(=O)O)N[S+]([O-])C(C)(C)C)c1. The van der Waals surface area contributed by atoms with Gasteiger partial charge in [-0.15, -0.1) is 10.6 Å². The van der Waals surface area contributed by atoms with Gasteiger partial charge in [0.2, 0.25) is 0 Å². The van der Waals surface area contributed by atoms with Crippen LogP contribution in [0.3, 0.4) is 0 Å². The normalized spacial score (nSPS) is 15.4. The number of carboxylic acids is 1. The first-order valence-corrected chi connectivity index (χ1v) is 8.69. The van der Waals surface area contributed by atoms with Gasteiger partial charge < -0.3 is 9.66 Å². The van der Waals surface area contributed by atoms with E-state index in [1.807, 2.05) is 26.8 Å². The zero-order chi connectivity index (χ0) is 18.4. The van der Waals surface area contributed by atoms with Crippen LogP contribution in [-0.2, 0) is 16.2 Å². The highest BCUT2D eigenvalue weighted by atomic mass is 32.2. The largest absolute Gasteiger partial charge is 0.598 e. The molecule has 0 aromatic carbocycles. The molecule has 0 spiro atoms. The van der Waals surface area contributed by atoms with Crippen LogP contribution in [0.1, 0.15) is 52.2 Å². The smallest absolute Gasteiger partial charge is 0.305 e. The molecule has 0 radical (unpaired) electrons. The van der Waals surface area contributed by atoms with Gasteiger partial charge in [-0.1, -0.05) is 18.1 Å². The first kappa shape index (κ1) is 20.2. The van der Waals surface area contributed by atoms with Crippen LogP contribution in [0, 0.1) is 11.8 Å². The maximum Gasteiger partial charge on any atom is 0.305 e. The van der Waals surface area contributed by atoms with Crippen molar-refractivity contribution in [2.75, 3.05) is 0 Å². The lowest BCUT2D eigenvalue weighted by Crippen LogP contribution is -2.51. The van der Waals surface area contributed by atoms with E-state index in [9.17, 15) is 14.5 Å². The molecule has 0 aliphatic heterocycles. The lowest BCUT2D eigenvalue weighted by molar-refractivity contribution is -0.137. The van der Waals surface area contributed by atoms with E-state index in [0.29, 0.717) is 0 Å². The van der Waals surface area contributed by atoms with Crippen LogP contribution in [0.2, 0.25) is 0 Å². The summed E-state index contributed by atoms with van der Waals surface area (Å²) < 4.78 is 14.8. The topological polar surface area (TPSA) is 85.3 Å². The fourth-order valence-electron chi connectivity index (χ4n) is 1.85. The molecule has 6 heteroatoms. The van der Waals surface area contributed by atoms with E-state index in [2.05, 4.69) is 21.5 Å². The van der Waals surface area contributed by atoms with Gasteiger partial charge in [-0.2, -0.15) is 0 Å². The minimum Gasteiger partial charge on any atom is -0.598 e. The number of hydrogen-bond acceptors (Lipinski definition) is 4. The molecular formula is C18H24N2O3S. The second-order valence-corrected chi connectivity index (χ2v) is 8.65. The molecule has 0 fully saturated rings. The molecule has 0 saturated heterocycles. The van der Waals surface area contributed by atoms with E-state index in [0.717, 1.165) is 11.1 Å². The maximum absolute atomic E-state index is 12.4. The second kappa shape index (κ2) is 8.34. The van der Waals surface area contributed by atoms with E-state index >= 15 is 0 Å². The Kier molecular flexibility index (Phi) is 7.03. The van der Waals surface area contributed by atoms with Gasteiger partial charge in [0, 0.05) is 29.3 Å². The number of pyridine rings is 1. The fourth-order valence-corrected chi connectivity index (χ4v) is 2.72. The first-order valence-electron chi connectivity index (χ1n) is 7.54. The van der Waals surface area contributed by atoms with Gasteiger partial charge in [-0.3, -0.25) is 9.78 Å². The van der Waals surface area contributed by atoms with E-state index in [1.165, 1.54) is 0 Å². The molecule has 0 saturated carbocycles. The number of carboxylic acid groups (broad SMARTS) is 1. The van der Waals surface area contributed by atoms with Gasteiger partial charge in [0.25, 0.3) is 0 Å². The van der Waals surface area contributed by atoms with Gasteiger partial charge in [0.15, 0.2) is 0 Å². The molecule has 2 N–H and O–H groups in total. The van der Waals surface area contributed by atoms with Gasteiger partial charge >= 0.3 is 5.97 Å². The molecule has 1 aromatic rings. The van der Waals surface area contributed by atoms with Crippen molar-refractivity contribution in [3.63, 3.8) is 0 Å². The maximum atomic E-state index is 12.4. The van der Waals surface area contributed by atoms with Gasteiger partial charge in [0.1, 0.15) is 4.75 Å². The molecule has 5 nitrogen and oxygen atoms in total. The molecular weight excluding hydrogens is 324 g/mol. The average Bonchev–Trinajstić information content (AvgIpc) is 2.44. The van der Waals surface area contributed by atoms with Crippen molar-refractivity contribution >= 4 is 23.4 Å². The predicted octanol–water partition coefficient (Wildman–Crippen LogP) is 2.75. The van der Waals surface area contributed by atoms with Gasteiger partial charge in [0.05, 0.1) is 12.0 Å². The van der Waals surface area contributed by atoms with Crippen molar-refractivity contribution in [2.24, 2.45) is 0 Å². The van der Waals surface area contributed by atoms with Crippen molar-refractivity contribution in [3.8, 4) is 11.8 Å². The van der Waals surface area contributed by atoms with Crippen molar-refractivity contribution in [1.29, 1.82) is 0 Å². The molecule has 130 valence electrons. The minimum absolute atomic E-state index is 0.187. The highest BCUT2D eigenvalue weighted by molar-refractivity contribution is 7.90. The van der Waals surface area contributed by atoms with Crippen LogP contribution in [0.25, 0.3) is 6.08 Å². The van der Waals surface area contributed by atoms with Crippen LogP contribution < -0.4 is 4.72 Å². The standard InChI is InChI=1S/C18H24N2O3S/c1-6-7-14-10-15(13-19-12-14)8-9-18(5,11-16(21)22)20-24(23)17(2,3)4/h8-10,12-13,20H,11H2,1-5H3,(H,21,22). The van der Waals surface area contributed by atoms with Gasteiger partial charge in [-0.25, -0.2) is 0 Å². The van der Waals surface area contributed by atoms with Crippen molar-refractivity contribution < 1.29 is 14.5 Å². The van der Waals surface area contributed by atoms with Gasteiger partial charge in [-0.05, 0) is 46.2 Å². The Morgan fingerprint density at radius 3 is 2.62 bits per heavy atom. The molecule has 1 heterocycles. The van der Waals surface area contributed by atoms with E-state index in [4.69, 9.17) is 0 Å². The lowest BCUT2D eigenvalue weighted by atomic mass is 9.98. The average molecular weight is 348 g/mol. The summed E-state index contributed by atoms with van der Waals surface area (Å²) in [5.74, 6) is 4.76. The summed E-state index contributed by atoms with van der Waals surface area (Å²) in [6.45, 7) is 8.95. The van der Waals surface area contributed by atoms with E-state index in [1.54, 1.807) is 38.4 Å². The number of aromatic nitrogens is 1. The Morgan fingerprint density at radius 1 is 1.42 bits per heavy atom. The Hall–Kier alpha value is -1.81. The quantitative estimate of drug-likeness (QED) is 0.610. The molecule has 1 aromatic heterocycles. The minimum atomic E-state index is -1.39. The number of nitrogens with one attached hydrogen (secondary N) is 1.